The molecule has 1 aliphatic heterocycles. The molecule has 1 aromatic heterocycles. The van der Waals surface area contributed by atoms with Gasteiger partial charge in [-0.1, -0.05) is 11.6 Å². The number of rotatable bonds is 5. The highest BCUT2D eigenvalue weighted by atomic mass is 35.5. The molecule has 0 radical (unpaired) electrons. The molecule has 0 saturated carbocycles. The van der Waals surface area contributed by atoms with Crippen molar-refractivity contribution in [3.63, 3.8) is 0 Å². The van der Waals surface area contributed by atoms with E-state index in [-0.39, 0.29) is 12.5 Å². The molecule has 0 atom stereocenters. The first kappa shape index (κ1) is 20.4. The van der Waals surface area contributed by atoms with E-state index in [0.29, 0.717) is 10.8 Å². The number of aromatic nitrogens is 1. The summed E-state index contributed by atoms with van der Waals surface area (Å²) in [6.45, 7) is 6.00. The number of hydrogen-bond donors (Lipinski definition) is 2. The zero-order valence-corrected chi connectivity index (χ0v) is 17.7. The van der Waals surface area contributed by atoms with Crippen molar-refractivity contribution in [1.29, 1.82) is 0 Å². The van der Waals surface area contributed by atoms with Crippen LogP contribution in [0, 0.1) is 6.92 Å². The third kappa shape index (κ3) is 5.01. The smallest absolute Gasteiger partial charge is 0.262 e. The summed E-state index contributed by atoms with van der Waals surface area (Å²) < 4.78 is 5.51. The predicted molar refractivity (Wildman–Crippen MR) is 122 cm³/mol. The molecular formula is C23H25ClN4O2. The molecule has 3 aromatic rings. The summed E-state index contributed by atoms with van der Waals surface area (Å²) in [5.74, 6) is 1.39. The lowest BCUT2D eigenvalue weighted by atomic mass is 10.1. The topological polar surface area (TPSA) is 66.5 Å². The summed E-state index contributed by atoms with van der Waals surface area (Å²) in [6, 6.07) is 14.8. The maximum absolute atomic E-state index is 12.3. The highest BCUT2D eigenvalue weighted by Crippen LogP contribution is 2.26. The van der Waals surface area contributed by atoms with Crippen molar-refractivity contribution >= 4 is 39.9 Å². The summed E-state index contributed by atoms with van der Waals surface area (Å²) >= 11 is 5.86. The Hall–Kier alpha value is -2.83. The first-order valence-electron chi connectivity index (χ1n) is 10.1. The number of carbonyl (C=O) groups is 1. The molecule has 7 heteroatoms. The second-order valence-corrected chi connectivity index (χ2v) is 7.85. The van der Waals surface area contributed by atoms with Crippen LogP contribution < -0.4 is 20.3 Å². The molecule has 2 heterocycles. The molecule has 0 spiro atoms. The molecule has 1 aliphatic rings. The van der Waals surface area contributed by atoms with Crippen molar-refractivity contribution in [3.8, 4) is 5.75 Å². The van der Waals surface area contributed by atoms with E-state index in [1.807, 2.05) is 18.2 Å². The Labute approximate surface area is 181 Å². The average molecular weight is 425 g/mol. The second-order valence-electron chi connectivity index (χ2n) is 7.41. The van der Waals surface area contributed by atoms with E-state index in [2.05, 4.69) is 28.5 Å². The van der Waals surface area contributed by atoms with Gasteiger partial charge in [-0.3, -0.25) is 4.79 Å². The van der Waals surface area contributed by atoms with Crippen molar-refractivity contribution in [1.82, 2.24) is 10.3 Å². The average Bonchev–Trinajstić information content (AvgIpc) is 3.03. The van der Waals surface area contributed by atoms with Crippen molar-refractivity contribution < 1.29 is 9.53 Å². The maximum atomic E-state index is 12.3. The van der Waals surface area contributed by atoms with Crippen LogP contribution in [0.5, 0.6) is 5.75 Å². The fourth-order valence-electron chi connectivity index (χ4n) is 3.57. The van der Waals surface area contributed by atoms with Gasteiger partial charge in [0.05, 0.1) is 5.52 Å². The Balaban J connectivity index is 1.44. The van der Waals surface area contributed by atoms with Gasteiger partial charge in [-0.25, -0.2) is 4.98 Å². The molecule has 1 fully saturated rings. The third-order valence-corrected chi connectivity index (χ3v) is 5.39. The second kappa shape index (κ2) is 9.32. The molecule has 30 heavy (non-hydrogen) atoms. The van der Waals surface area contributed by atoms with Crippen molar-refractivity contribution in [2.45, 2.75) is 13.3 Å². The fourth-order valence-corrected chi connectivity index (χ4v) is 3.69. The Morgan fingerprint density at radius 1 is 1.17 bits per heavy atom. The number of hydrogen-bond acceptors (Lipinski definition) is 5. The molecule has 4 rings (SSSR count). The first-order valence-corrected chi connectivity index (χ1v) is 10.5. The summed E-state index contributed by atoms with van der Waals surface area (Å²) in [4.78, 5) is 19.5. The van der Waals surface area contributed by atoms with Crippen molar-refractivity contribution in [2.24, 2.45) is 0 Å². The molecule has 1 amide bonds. The van der Waals surface area contributed by atoms with E-state index < -0.39 is 0 Å². The van der Waals surface area contributed by atoms with E-state index >= 15 is 0 Å². The first-order chi connectivity index (χ1) is 14.6. The van der Waals surface area contributed by atoms with Gasteiger partial charge in [0.1, 0.15) is 11.6 Å². The van der Waals surface area contributed by atoms with Crippen molar-refractivity contribution in [3.05, 3.63) is 59.1 Å². The normalized spacial score (nSPS) is 14.4. The molecular weight excluding hydrogens is 400 g/mol. The summed E-state index contributed by atoms with van der Waals surface area (Å²) in [5, 5.41) is 7.97. The number of fused-ring (bicyclic) bond motifs is 1. The van der Waals surface area contributed by atoms with Gasteiger partial charge < -0.3 is 20.3 Å². The zero-order chi connectivity index (χ0) is 20.9. The molecule has 6 nitrogen and oxygen atoms in total. The van der Waals surface area contributed by atoms with Gasteiger partial charge >= 0.3 is 0 Å². The Morgan fingerprint density at radius 2 is 2.00 bits per heavy atom. The minimum Gasteiger partial charge on any atom is -0.484 e. The zero-order valence-electron chi connectivity index (χ0n) is 17.0. The molecule has 0 aliphatic carbocycles. The quantitative estimate of drug-likeness (QED) is 0.647. The van der Waals surface area contributed by atoms with Crippen LogP contribution in [0.1, 0.15) is 12.0 Å². The van der Waals surface area contributed by atoms with Crippen LogP contribution in [0.3, 0.4) is 0 Å². The fraction of sp³-hybridized carbons (Fsp3) is 0.304. The largest absolute Gasteiger partial charge is 0.484 e. The number of nitrogens with one attached hydrogen (secondary N) is 2. The van der Waals surface area contributed by atoms with Crippen LogP contribution >= 0.6 is 11.6 Å². The van der Waals surface area contributed by atoms with Gasteiger partial charge in [-0.15, -0.1) is 0 Å². The van der Waals surface area contributed by atoms with Crippen LogP contribution in [0.2, 0.25) is 5.02 Å². The van der Waals surface area contributed by atoms with Gasteiger partial charge in [0.15, 0.2) is 6.61 Å². The van der Waals surface area contributed by atoms with Gasteiger partial charge in [-0.2, -0.15) is 0 Å². The Kier molecular flexibility index (Phi) is 6.35. The number of ether oxygens (including phenoxy) is 1. The van der Waals surface area contributed by atoms with E-state index in [0.717, 1.165) is 60.6 Å². The van der Waals surface area contributed by atoms with Gasteiger partial charge in [0, 0.05) is 35.7 Å². The number of halogens is 1. The van der Waals surface area contributed by atoms with E-state index in [1.54, 1.807) is 24.3 Å². The van der Waals surface area contributed by atoms with Gasteiger partial charge in [0.25, 0.3) is 5.91 Å². The van der Waals surface area contributed by atoms with Crippen LogP contribution in [-0.2, 0) is 4.79 Å². The Morgan fingerprint density at radius 3 is 2.83 bits per heavy atom. The number of pyridine rings is 1. The maximum Gasteiger partial charge on any atom is 0.262 e. The highest BCUT2D eigenvalue weighted by molar-refractivity contribution is 6.30. The molecule has 1 saturated heterocycles. The summed E-state index contributed by atoms with van der Waals surface area (Å²) in [6.07, 6.45) is 1.11. The Bertz CT molecular complexity index is 1030. The third-order valence-electron chi connectivity index (χ3n) is 5.13. The van der Waals surface area contributed by atoms with Crippen LogP contribution in [0.4, 0.5) is 11.5 Å². The highest BCUT2D eigenvalue weighted by Gasteiger charge is 2.13. The minimum atomic E-state index is -0.219. The van der Waals surface area contributed by atoms with Gasteiger partial charge in [0.2, 0.25) is 0 Å². The number of anilines is 2. The number of amides is 1. The van der Waals surface area contributed by atoms with Crippen LogP contribution in [0.15, 0.2) is 48.5 Å². The number of aryl methyl sites for hydroxylation is 1. The lowest BCUT2D eigenvalue weighted by Gasteiger charge is -2.22. The lowest BCUT2D eigenvalue weighted by molar-refractivity contribution is -0.118. The lowest BCUT2D eigenvalue weighted by Crippen LogP contribution is -2.28. The summed E-state index contributed by atoms with van der Waals surface area (Å²) in [5.41, 5.74) is 2.79. The van der Waals surface area contributed by atoms with Crippen LogP contribution in [-0.4, -0.2) is 43.7 Å². The number of nitrogens with zero attached hydrogens (tertiary/aromatic N) is 2. The molecule has 0 bridgehead atoms. The number of benzene rings is 2. The van der Waals surface area contributed by atoms with E-state index in [1.165, 1.54) is 0 Å². The molecule has 156 valence electrons. The molecule has 2 N–H and O–H groups in total. The monoisotopic (exact) mass is 424 g/mol. The predicted octanol–water partition coefficient (Wildman–Crippen LogP) is 4.01. The molecule has 2 aromatic carbocycles. The van der Waals surface area contributed by atoms with E-state index in [4.69, 9.17) is 21.3 Å². The van der Waals surface area contributed by atoms with Crippen LogP contribution in [0.25, 0.3) is 10.9 Å². The summed E-state index contributed by atoms with van der Waals surface area (Å²) in [7, 11) is 0. The van der Waals surface area contributed by atoms with E-state index in [9.17, 15) is 4.79 Å². The standard InChI is InChI=1S/C23H25ClN4O2/c1-16-13-22(28-11-2-9-25-10-12-28)27-21-8-5-18(14-20(16)21)26-23(29)15-30-19-6-3-17(24)4-7-19/h3-8,13-14,25H,2,9-12,15H2,1H3,(H,26,29). The minimum absolute atomic E-state index is 0.0706. The number of carbonyl (C=O) groups excluding carboxylic acids is 1. The SMILES string of the molecule is Cc1cc(N2CCCNCC2)nc2ccc(NC(=O)COc3ccc(Cl)cc3)cc12. The van der Waals surface area contributed by atoms with Crippen molar-refractivity contribution in [2.75, 3.05) is 43.0 Å². The van der Waals surface area contributed by atoms with Gasteiger partial charge in [-0.05, 0) is 74.0 Å². The molecule has 0 unspecified atom stereocenters.